The van der Waals surface area contributed by atoms with Gasteiger partial charge in [-0.05, 0) is 38.2 Å². The van der Waals surface area contributed by atoms with E-state index in [2.05, 4.69) is 4.98 Å². The number of ether oxygens (including phenoxy) is 1. The Kier molecular flexibility index (Phi) is 3.96. The molecule has 0 amide bonds. The Hall–Kier alpha value is -1.58. The quantitative estimate of drug-likeness (QED) is 0.851. The van der Waals surface area contributed by atoms with E-state index in [9.17, 15) is 4.79 Å². The molecule has 2 rings (SSSR count). The molecule has 4 nitrogen and oxygen atoms in total. The molecular weight excluding hydrogens is 218 g/mol. The van der Waals surface area contributed by atoms with Crippen molar-refractivity contribution in [3.63, 3.8) is 0 Å². The molecule has 0 aliphatic heterocycles. The monoisotopic (exact) mass is 235 g/mol. The van der Waals surface area contributed by atoms with Crippen LogP contribution in [0.25, 0.3) is 0 Å². The van der Waals surface area contributed by atoms with Gasteiger partial charge in [0.05, 0.1) is 6.10 Å². The minimum Gasteiger partial charge on any atom is -0.490 e. The Bertz CT molecular complexity index is 386. The van der Waals surface area contributed by atoms with Crippen molar-refractivity contribution in [3.05, 3.63) is 24.0 Å². The summed E-state index contributed by atoms with van der Waals surface area (Å²) in [7, 11) is 0. The van der Waals surface area contributed by atoms with E-state index in [1.807, 2.05) is 6.07 Å². The summed E-state index contributed by atoms with van der Waals surface area (Å²) in [5.74, 6) is 0.00817. The predicted octanol–water partition coefficient (Wildman–Crippen LogP) is 2.42. The number of carbonyl (C=O) groups is 1. The number of aryl methyl sites for hydroxylation is 1. The molecule has 1 aliphatic rings. The van der Waals surface area contributed by atoms with E-state index in [-0.39, 0.29) is 6.42 Å². The number of carboxylic acids is 1. The third-order valence-electron chi connectivity index (χ3n) is 3.06. The van der Waals surface area contributed by atoms with Gasteiger partial charge < -0.3 is 9.84 Å². The standard InChI is InChI=1S/C13H17NO3/c15-13(16)6-5-10-9-14-8-7-12(10)17-11-3-1-2-4-11/h7-9,11H,1-6H2,(H,15,16). The molecule has 0 bridgehead atoms. The van der Waals surface area contributed by atoms with Crippen molar-refractivity contribution in [3.8, 4) is 5.75 Å². The van der Waals surface area contributed by atoms with Crippen molar-refractivity contribution >= 4 is 5.97 Å². The second-order valence-electron chi connectivity index (χ2n) is 4.40. The van der Waals surface area contributed by atoms with Crippen LogP contribution in [-0.4, -0.2) is 22.2 Å². The van der Waals surface area contributed by atoms with Crippen LogP contribution in [-0.2, 0) is 11.2 Å². The van der Waals surface area contributed by atoms with Gasteiger partial charge in [-0.15, -0.1) is 0 Å². The summed E-state index contributed by atoms with van der Waals surface area (Å²) >= 11 is 0. The molecular formula is C13H17NO3. The lowest BCUT2D eigenvalue weighted by Gasteiger charge is -2.15. The zero-order chi connectivity index (χ0) is 12.1. The van der Waals surface area contributed by atoms with Gasteiger partial charge in [-0.2, -0.15) is 0 Å². The van der Waals surface area contributed by atoms with Gasteiger partial charge in [-0.25, -0.2) is 0 Å². The lowest BCUT2D eigenvalue weighted by Crippen LogP contribution is -2.12. The van der Waals surface area contributed by atoms with Crippen LogP contribution in [0.15, 0.2) is 18.5 Å². The SMILES string of the molecule is O=C(O)CCc1cnccc1OC1CCCC1. The molecule has 0 radical (unpaired) electrons. The van der Waals surface area contributed by atoms with E-state index in [1.54, 1.807) is 12.4 Å². The van der Waals surface area contributed by atoms with Crippen molar-refractivity contribution in [2.45, 2.75) is 44.6 Å². The Morgan fingerprint density at radius 2 is 2.24 bits per heavy atom. The van der Waals surface area contributed by atoms with Gasteiger partial charge in [0, 0.05) is 24.4 Å². The molecule has 1 saturated carbocycles. The molecule has 0 spiro atoms. The highest BCUT2D eigenvalue weighted by atomic mass is 16.5. The van der Waals surface area contributed by atoms with Crippen LogP contribution in [0.3, 0.4) is 0 Å². The predicted molar refractivity (Wildman–Crippen MR) is 63.1 cm³/mol. The maximum Gasteiger partial charge on any atom is 0.303 e. The zero-order valence-electron chi connectivity index (χ0n) is 9.76. The van der Waals surface area contributed by atoms with Gasteiger partial charge in [0.2, 0.25) is 0 Å². The lowest BCUT2D eigenvalue weighted by atomic mass is 10.1. The summed E-state index contributed by atoms with van der Waals surface area (Å²) in [6, 6.07) is 1.83. The smallest absolute Gasteiger partial charge is 0.303 e. The number of hydrogen-bond donors (Lipinski definition) is 1. The highest BCUT2D eigenvalue weighted by Gasteiger charge is 2.18. The molecule has 17 heavy (non-hydrogen) atoms. The molecule has 4 heteroatoms. The van der Waals surface area contributed by atoms with E-state index in [0.717, 1.165) is 24.2 Å². The minimum absolute atomic E-state index is 0.118. The number of pyridine rings is 1. The van der Waals surface area contributed by atoms with Crippen LogP contribution >= 0.6 is 0 Å². The summed E-state index contributed by atoms with van der Waals surface area (Å²) in [6.45, 7) is 0. The fraction of sp³-hybridized carbons (Fsp3) is 0.538. The topological polar surface area (TPSA) is 59.4 Å². The van der Waals surface area contributed by atoms with Crippen molar-refractivity contribution in [1.82, 2.24) is 4.98 Å². The van der Waals surface area contributed by atoms with Crippen LogP contribution in [0.1, 0.15) is 37.7 Å². The molecule has 0 atom stereocenters. The molecule has 1 fully saturated rings. The third-order valence-corrected chi connectivity index (χ3v) is 3.06. The van der Waals surface area contributed by atoms with Gasteiger partial charge in [-0.1, -0.05) is 0 Å². The van der Waals surface area contributed by atoms with Crippen molar-refractivity contribution in [1.29, 1.82) is 0 Å². The van der Waals surface area contributed by atoms with Crippen molar-refractivity contribution in [2.24, 2.45) is 0 Å². The molecule has 1 aliphatic carbocycles. The lowest BCUT2D eigenvalue weighted by molar-refractivity contribution is -0.136. The molecule has 0 saturated heterocycles. The highest BCUT2D eigenvalue weighted by Crippen LogP contribution is 2.26. The Morgan fingerprint density at radius 1 is 1.47 bits per heavy atom. The Balaban J connectivity index is 2.01. The van der Waals surface area contributed by atoms with E-state index < -0.39 is 5.97 Å². The third kappa shape index (κ3) is 3.44. The van der Waals surface area contributed by atoms with Crippen molar-refractivity contribution in [2.75, 3.05) is 0 Å². The fourth-order valence-corrected chi connectivity index (χ4v) is 2.14. The minimum atomic E-state index is -0.791. The Labute approximate surface area is 101 Å². The van der Waals surface area contributed by atoms with Crippen molar-refractivity contribution < 1.29 is 14.6 Å². The summed E-state index contributed by atoms with van der Waals surface area (Å²) in [4.78, 5) is 14.6. The summed E-state index contributed by atoms with van der Waals surface area (Å²) in [5.41, 5.74) is 0.891. The first-order chi connectivity index (χ1) is 8.25. The first kappa shape index (κ1) is 11.9. The maximum absolute atomic E-state index is 10.6. The average molecular weight is 235 g/mol. The number of aliphatic carboxylic acids is 1. The van der Waals surface area contributed by atoms with E-state index in [4.69, 9.17) is 9.84 Å². The second kappa shape index (κ2) is 5.66. The van der Waals surface area contributed by atoms with E-state index in [1.165, 1.54) is 12.8 Å². The zero-order valence-corrected chi connectivity index (χ0v) is 9.76. The van der Waals surface area contributed by atoms with E-state index >= 15 is 0 Å². The molecule has 1 N–H and O–H groups in total. The molecule has 92 valence electrons. The Morgan fingerprint density at radius 3 is 2.94 bits per heavy atom. The highest BCUT2D eigenvalue weighted by molar-refractivity contribution is 5.67. The number of nitrogens with zero attached hydrogens (tertiary/aromatic N) is 1. The second-order valence-corrected chi connectivity index (χ2v) is 4.40. The number of aromatic nitrogens is 1. The van der Waals surface area contributed by atoms with Gasteiger partial charge in [-0.3, -0.25) is 9.78 Å². The van der Waals surface area contributed by atoms with Gasteiger partial charge in [0.1, 0.15) is 5.75 Å². The van der Waals surface area contributed by atoms with Gasteiger partial charge in [0.15, 0.2) is 0 Å². The molecule has 1 aromatic rings. The van der Waals surface area contributed by atoms with Crippen LogP contribution < -0.4 is 4.74 Å². The summed E-state index contributed by atoms with van der Waals surface area (Å²) in [5, 5.41) is 8.69. The summed E-state index contributed by atoms with van der Waals surface area (Å²) in [6.07, 6.45) is 8.92. The number of hydrogen-bond acceptors (Lipinski definition) is 3. The van der Waals surface area contributed by atoms with E-state index in [0.29, 0.717) is 12.5 Å². The van der Waals surface area contributed by atoms with Crippen LogP contribution in [0.5, 0.6) is 5.75 Å². The molecule has 0 unspecified atom stereocenters. The average Bonchev–Trinajstić information content (AvgIpc) is 2.80. The first-order valence-electron chi connectivity index (χ1n) is 6.07. The largest absolute Gasteiger partial charge is 0.490 e. The normalized spacial score (nSPS) is 16.0. The maximum atomic E-state index is 10.6. The molecule has 0 aromatic carbocycles. The van der Waals surface area contributed by atoms with Crippen LogP contribution in [0, 0.1) is 0 Å². The number of rotatable bonds is 5. The first-order valence-corrected chi connectivity index (χ1v) is 6.07. The number of carboxylic acid groups (broad SMARTS) is 1. The summed E-state index contributed by atoms with van der Waals surface area (Å²) < 4.78 is 5.91. The van der Waals surface area contributed by atoms with Gasteiger partial charge in [0.25, 0.3) is 0 Å². The fourth-order valence-electron chi connectivity index (χ4n) is 2.14. The van der Waals surface area contributed by atoms with Gasteiger partial charge >= 0.3 is 5.97 Å². The van der Waals surface area contributed by atoms with Crippen LogP contribution in [0.4, 0.5) is 0 Å². The van der Waals surface area contributed by atoms with Crippen LogP contribution in [0.2, 0.25) is 0 Å². The molecule has 1 heterocycles. The molecule has 1 aromatic heterocycles.